The summed E-state index contributed by atoms with van der Waals surface area (Å²) in [5.41, 5.74) is 0.889. The zero-order chi connectivity index (χ0) is 13.8. The van der Waals surface area contributed by atoms with E-state index >= 15 is 0 Å². The van der Waals surface area contributed by atoms with Crippen LogP contribution in [0.4, 0.5) is 5.13 Å². The van der Waals surface area contributed by atoms with Crippen LogP contribution < -0.4 is 10.2 Å². The molecule has 1 aromatic heterocycles. The lowest BCUT2D eigenvalue weighted by atomic mass is 10.1. The lowest BCUT2D eigenvalue weighted by Gasteiger charge is -2.22. The highest BCUT2D eigenvalue weighted by atomic mass is 32.1. The summed E-state index contributed by atoms with van der Waals surface area (Å²) in [5.74, 6) is -0.266. The first-order valence-corrected chi connectivity index (χ1v) is 7.56. The van der Waals surface area contributed by atoms with Crippen LogP contribution in [0.5, 0.6) is 0 Å². The van der Waals surface area contributed by atoms with Crippen LogP contribution in [-0.4, -0.2) is 23.3 Å². The number of rotatable bonds is 5. The molecule has 19 heavy (non-hydrogen) atoms. The molecule has 6 heteroatoms. The van der Waals surface area contributed by atoms with Crippen molar-refractivity contribution in [2.45, 2.75) is 45.6 Å². The maximum Gasteiger partial charge on any atom is 0.235 e. The number of thiazole rings is 1. The van der Waals surface area contributed by atoms with Crippen molar-refractivity contribution in [3.05, 3.63) is 11.1 Å². The number of imide groups is 1. The van der Waals surface area contributed by atoms with E-state index in [-0.39, 0.29) is 17.9 Å². The van der Waals surface area contributed by atoms with Crippen LogP contribution in [-0.2, 0) is 9.59 Å². The normalized spacial score (nSPS) is 17.9. The van der Waals surface area contributed by atoms with E-state index in [1.165, 1.54) is 16.2 Å². The number of nitrogens with zero attached hydrogens (tertiary/aromatic N) is 2. The van der Waals surface area contributed by atoms with Crippen molar-refractivity contribution in [1.82, 2.24) is 10.3 Å². The van der Waals surface area contributed by atoms with Crippen LogP contribution in [0.15, 0.2) is 5.38 Å². The second kappa shape index (κ2) is 6.25. The van der Waals surface area contributed by atoms with Gasteiger partial charge in [0.25, 0.3) is 0 Å². The molecule has 1 aromatic rings. The van der Waals surface area contributed by atoms with Crippen LogP contribution in [0, 0.1) is 0 Å². The van der Waals surface area contributed by atoms with Crippen LogP contribution in [0.3, 0.4) is 0 Å². The molecule has 1 N–H and O–H groups in total. The third-order valence-corrected chi connectivity index (χ3v) is 3.97. The molecule has 0 saturated carbocycles. The Bertz CT molecular complexity index is 456. The Morgan fingerprint density at radius 1 is 1.42 bits per heavy atom. The van der Waals surface area contributed by atoms with Crippen molar-refractivity contribution in [3.63, 3.8) is 0 Å². The van der Waals surface area contributed by atoms with Gasteiger partial charge in [-0.25, -0.2) is 9.88 Å². The molecule has 2 amide bonds. The number of carbonyl (C=O) groups is 2. The van der Waals surface area contributed by atoms with E-state index in [0.717, 1.165) is 18.7 Å². The van der Waals surface area contributed by atoms with Gasteiger partial charge in [-0.15, -0.1) is 11.3 Å². The zero-order valence-electron chi connectivity index (χ0n) is 11.3. The van der Waals surface area contributed by atoms with Gasteiger partial charge < -0.3 is 5.32 Å². The second-order valence-corrected chi connectivity index (χ2v) is 5.54. The lowest BCUT2D eigenvalue weighted by molar-refractivity contribution is -0.129. The average Bonchev–Trinajstić information content (AvgIpc) is 2.85. The Hall–Kier alpha value is -1.27. The Balaban J connectivity index is 2.11. The largest absolute Gasteiger partial charge is 0.309 e. The van der Waals surface area contributed by atoms with Crippen molar-refractivity contribution in [3.8, 4) is 0 Å². The number of piperidine rings is 1. The molecule has 1 atom stereocenters. The van der Waals surface area contributed by atoms with E-state index in [4.69, 9.17) is 0 Å². The summed E-state index contributed by atoms with van der Waals surface area (Å²) >= 11 is 1.36. The Labute approximate surface area is 117 Å². The van der Waals surface area contributed by atoms with Crippen molar-refractivity contribution < 1.29 is 9.59 Å². The van der Waals surface area contributed by atoms with Gasteiger partial charge in [0.1, 0.15) is 0 Å². The van der Waals surface area contributed by atoms with Crippen molar-refractivity contribution in [2.75, 3.05) is 11.4 Å². The minimum Gasteiger partial charge on any atom is -0.309 e. The van der Waals surface area contributed by atoms with Crippen LogP contribution in [0.2, 0.25) is 0 Å². The fourth-order valence-corrected chi connectivity index (χ4v) is 2.96. The Morgan fingerprint density at radius 2 is 2.11 bits per heavy atom. The summed E-state index contributed by atoms with van der Waals surface area (Å²) in [6.07, 6.45) is 2.58. The highest BCUT2D eigenvalue weighted by Gasteiger charge is 2.29. The number of hydrogen-bond acceptors (Lipinski definition) is 5. The fraction of sp³-hybridized carbons (Fsp3) is 0.615. The topological polar surface area (TPSA) is 62.3 Å². The zero-order valence-corrected chi connectivity index (χ0v) is 12.1. The SMILES string of the molecule is CCCNC(C)c1csc(N2C(=O)CCCC2=O)n1. The molecule has 1 aliphatic rings. The number of carbonyl (C=O) groups excluding carboxylic acids is 2. The molecule has 1 saturated heterocycles. The van der Waals surface area contributed by atoms with Crippen LogP contribution in [0.1, 0.15) is 51.3 Å². The predicted octanol–water partition coefficient (Wildman–Crippen LogP) is 2.25. The van der Waals surface area contributed by atoms with Crippen LogP contribution in [0.25, 0.3) is 0 Å². The summed E-state index contributed by atoms with van der Waals surface area (Å²) in [7, 11) is 0. The van der Waals surface area contributed by atoms with Gasteiger partial charge in [0.05, 0.1) is 5.69 Å². The molecule has 1 unspecified atom stereocenters. The molecule has 2 rings (SSSR count). The maximum atomic E-state index is 11.8. The van der Waals surface area contributed by atoms with Gasteiger partial charge in [-0.2, -0.15) is 0 Å². The summed E-state index contributed by atoms with van der Waals surface area (Å²) in [6, 6.07) is 0.139. The van der Waals surface area contributed by atoms with Gasteiger partial charge in [0.15, 0.2) is 5.13 Å². The number of aromatic nitrogens is 1. The number of anilines is 1. The monoisotopic (exact) mass is 281 g/mol. The van der Waals surface area contributed by atoms with Gasteiger partial charge in [-0.05, 0) is 26.3 Å². The lowest BCUT2D eigenvalue weighted by Crippen LogP contribution is -2.40. The molecule has 2 heterocycles. The molecule has 1 fully saturated rings. The second-order valence-electron chi connectivity index (χ2n) is 4.71. The number of nitrogens with one attached hydrogen (secondary N) is 1. The molecule has 5 nitrogen and oxygen atoms in total. The van der Waals surface area contributed by atoms with E-state index in [0.29, 0.717) is 24.4 Å². The summed E-state index contributed by atoms with van der Waals surface area (Å²) in [4.78, 5) is 29.3. The van der Waals surface area contributed by atoms with E-state index in [9.17, 15) is 9.59 Å². The minimum absolute atomic E-state index is 0.133. The highest BCUT2D eigenvalue weighted by molar-refractivity contribution is 7.14. The van der Waals surface area contributed by atoms with Crippen molar-refractivity contribution in [2.24, 2.45) is 0 Å². The summed E-state index contributed by atoms with van der Waals surface area (Å²) in [6.45, 7) is 5.07. The van der Waals surface area contributed by atoms with E-state index in [1.54, 1.807) is 0 Å². The Morgan fingerprint density at radius 3 is 2.74 bits per heavy atom. The maximum absolute atomic E-state index is 11.8. The van der Waals surface area contributed by atoms with Crippen molar-refractivity contribution >= 4 is 28.3 Å². The third-order valence-electron chi connectivity index (χ3n) is 3.13. The molecule has 0 aliphatic carbocycles. The quantitative estimate of drug-likeness (QED) is 0.841. The van der Waals surface area contributed by atoms with Gasteiger partial charge in [-0.1, -0.05) is 6.92 Å². The molecule has 0 radical (unpaired) electrons. The standard InChI is InChI=1S/C13H19N3O2S/c1-3-7-14-9(2)10-8-19-13(15-10)16-11(17)5-4-6-12(16)18/h8-9,14H,3-7H2,1-2H3. The van der Waals surface area contributed by atoms with E-state index in [1.807, 2.05) is 12.3 Å². The molecule has 104 valence electrons. The average molecular weight is 281 g/mol. The Kier molecular flexibility index (Phi) is 4.66. The molecular weight excluding hydrogens is 262 g/mol. The van der Waals surface area contributed by atoms with E-state index < -0.39 is 0 Å². The summed E-state index contributed by atoms with van der Waals surface area (Å²) in [5, 5.41) is 5.77. The first-order chi connectivity index (χ1) is 9.13. The number of hydrogen-bond donors (Lipinski definition) is 1. The molecule has 0 bridgehead atoms. The van der Waals surface area contributed by atoms with Gasteiger partial charge >= 0.3 is 0 Å². The van der Waals surface area contributed by atoms with Gasteiger partial charge in [0, 0.05) is 24.3 Å². The highest BCUT2D eigenvalue weighted by Crippen LogP contribution is 2.27. The molecule has 0 aromatic carbocycles. The van der Waals surface area contributed by atoms with Gasteiger partial charge in [-0.3, -0.25) is 9.59 Å². The summed E-state index contributed by atoms with van der Waals surface area (Å²) < 4.78 is 0. The van der Waals surface area contributed by atoms with Gasteiger partial charge in [0.2, 0.25) is 11.8 Å². The van der Waals surface area contributed by atoms with Crippen molar-refractivity contribution in [1.29, 1.82) is 0 Å². The first-order valence-electron chi connectivity index (χ1n) is 6.68. The van der Waals surface area contributed by atoms with E-state index in [2.05, 4.69) is 17.2 Å². The predicted molar refractivity (Wildman–Crippen MR) is 75.2 cm³/mol. The fourth-order valence-electron chi connectivity index (χ4n) is 2.01. The smallest absolute Gasteiger partial charge is 0.235 e. The molecule has 0 spiro atoms. The van der Waals surface area contributed by atoms with Crippen LogP contribution >= 0.6 is 11.3 Å². The first kappa shape index (κ1) is 14.1. The molecule has 1 aliphatic heterocycles. The minimum atomic E-state index is -0.133. The number of amides is 2. The third kappa shape index (κ3) is 3.19. The molecular formula is C13H19N3O2S.